The zero-order valence-corrected chi connectivity index (χ0v) is 25.4. The Morgan fingerprint density at radius 1 is 1.04 bits per heavy atom. The van der Waals surface area contributed by atoms with Crippen LogP contribution in [0.3, 0.4) is 0 Å². The van der Waals surface area contributed by atoms with E-state index in [1.807, 2.05) is 30.3 Å². The summed E-state index contributed by atoms with van der Waals surface area (Å²) in [5.41, 5.74) is 6.54. The number of aliphatic hydroxyl groups is 3. The molecule has 11 heteroatoms. The molecule has 0 heterocycles. The van der Waals surface area contributed by atoms with Crippen molar-refractivity contribution in [3.05, 3.63) is 94.3 Å². The van der Waals surface area contributed by atoms with Crippen molar-refractivity contribution in [2.45, 2.75) is 43.7 Å². The summed E-state index contributed by atoms with van der Waals surface area (Å²) in [4.78, 5) is 41.3. The molecule has 3 aromatic rings. The van der Waals surface area contributed by atoms with E-state index in [1.54, 1.807) is 31.1 Å². The number of nitrogens with zero attached hydrogens (tertiary/aromatic N) is 1. The number of halogens is 1. The van der Waals surface area contributed by atoms with E-state index in [2.05, 4.69) is 5.32 Å². The lowest BCUT2D eigenvalue weighted by atomic mass is 9.54. The number of fused-ring (bicyclic) bond motifs is 3. The van der Waals surface area contributed by atoms with Crippen LogP contribution in [0.15, 0.2) is 66.2 Å². The van der Waals surface area contributed by atoms with E-state index < -0.39 is 58.7 Å². The second kappa shape index (κ2) is 11.7. The van der Waals surface area contributed by atoms with Crippen LogP contribution in [0.4, 0.5) is 4.39 Å². The number of carbonyl (C=O) groups is 3. The van der Waals surface area contributed by atoms with Gasteiger partial charge in [0.15, 0.2) is 11.4 Å². The maximum Gasteiger partial charge on any atom is 0.230 e. The first kappa shape index (κ1) is 31.6. The van der Waals surface area contributed by atoms with E-state index in [1.165, 1.54) is 18.2 Å². The van der Waals surface area contributed by atoms with Crippen molar-refractivity contribution >= 4 is 23.2 Å². The molecule has 2 unspecified atom stereocenters. The summed E-state index contributed by atoms with van der Waals surface area (Å²) in [6.07, 6.45) is -1.30. The second-order valence-corrected chi connectivity index (χ2v) is 12.7. The number of hydrogen-bond donors (Lipinski definition) is 6. The normalized spacial score (nSPS) is 27.3. The van der Waals surface area contributed by atoms with Crippen LogP contribution in [0.25, 0.3) is 16.9 Å². The molecule has 10 nitrogen and oxygen atoms in total. The predicted octanol–water partition coefficient (Wildman–Crippen LogP) is 2.22. The third kappa shape index (κ3) is 5.00. The molecule has 2 fully saturated rings. The molecule has 6 rings (SSSR count). The molecule has 3 aliphatic rings. The number of hydrogen-bond acceptors (Lipinski definition) is 9. The first-order chi connectivity index (χ1) is 21.8. The van der Waals surface area contributed by atoms with E-state index in [4.69, 9.17) is 5.73 Å². The molecule has 1 amide bonds. The number of amides is 1. The molecular weight excluding hydrogens is 593 g/mol. The van der Waals surface area contributed by atoms with Gasteiger partial charge in [0, 0.05) is 30.6 Å². The van der Waals surface area contributed by atoms with Crippen molar-refractivity contribution in [1.82, 2.24) is 10.2 Å². The average molecular weight is 630 g/mol. The van der Waals surface area contributed by atoms with Crippen LogP contribution in [0.1, 0.15) is 28.7 Å². The van der Waals surface area contributed by atoms with Crippen molar-refractivity contribution in [1.29, 1.82) is 0 Å². The van der Waals surface area contributed by atoms with Crippen molar-refractivity contribution < 1.29 is 39.2 Å². The van der Waals surface area contributed by atoms with Gasteiger partial charge in [0.2, 0.25) is 11.7 Å². The van der Waals surface area contributed by atoms with Crippen LogP contribution in [-0.2, 0) is 33.9 Å². The highest BCUT2D eigenvalue weighted by molar-refractivity contribution is 6.25. The summed E-state index contributed by atoms with van der Waals surface area (Å²) < 4.78 is 13.5. The molecule has 46 heavy (non-hydrogen) atoms. The number of rotatable bonds is 7. The quantitative estimate of drug-likeness (QED) is 0.214. The number of primary amides is 1. The van der Waals surface area contributed by atoms with Gasteiger partial charge >= 0.3 is 0 Å². The van der Waals surface area contributed by atoms with Gasteiger partial charge in [-0.1, -0.05) is 42.5 Å². The number of ketones is 2. The topological polar surface area (TPSA) is 173 Å². The number of benzene rings is 3. The minimum atomic E-state index is -2.70. The lowest BCUT2D eigenvalue weighted by molar-refractivity contribution is -0.184. The number of carbonyl (C=O) groups excluding carboxylic acids is 3. The Kier molecular flexibility index (Phi) is 8.06. The van der Waals surface area contributed by atoms with E-state index in [-0.39, 0.29) is 35.5 Å². The summed E-state index contributed by atoms with van der Waals surface area (Å²) in [6.45, 7) is 1.04. The molecule has 0 spiro atoms. The molecule has 6 atom stereocenters. The Morgan fingerprint density at radius 3 is 2.39 bits per heavy atom. The largest absolute Gasteiger partial charge is 0.507 e. The van der Waals surface area contributed by atoms with E-state index >= 15 is 0 Å². The van der Waals surface area contributed by atoms with Crippen molar-refractivity contribution in [3.63, 3.8) is 0 Å². The van der Waals surface area contributed by atoms with Crippen LogP contribution in [-0.4, -0.2) is 74.6 Å². The third-order valence-corrected chi connectivity index (χ3v) is 9.78. The Morgan fingerprint density at radius 2 is 1.74 bits per heavy atom. The van der Waals surface area contributed by atoms with E-state index in [0.717, 1.165) is 22.3 Å². The lowest BCUT2D eigenvalue weighted by Crippen LogP contribution is -2.73. The number of Topliss-reactive ketones (excluding diaryl/α,β-unsaturated/α-hetero) is 2. The molecule has 0 aliphatic heterocycles. The first-order valence-electron chi connectivity index (χ1n) is 15.1. The van der Waals surface area contributed by atoms with Gasteiger partial charge in [0.25, 0.3) is 0 Å². The second-order valence-electron chi connectivity index (χ2n) is 12.7. The van der Waals surface area contributed by atoms with Crippen LogP contribution < -0.4 is 11.1 Å². The SMILES string of the molecule is CN(C)[C@H]1C(O)C(C(N)=O)C(=O)[C@]2(O)C(=O)C3=C(O)c4c(O)ccc(-c5ccc(CNCc6cccc(F)c6)cc5)c4C[C@@H]3C[C@H]12. The number of phenolic OH excluding ortho intramolecular Hbond substituents is 1. The number of aliphatic hydroxyl groups excluding tert-OH is 2. The van der Waals surface area contributed by atoms with Crippen LogP contribution in [0.2, 0.25) is 0 Å². The maximum absolute atomic E-state index is 14.0. The highest BCUT2D eigenvalue weighted by Gasteiger charge is 2.67. The number of likely N-dealkylation sites (N-methyl/N-ethyl adjacent to an activating group) is 1. The van der Waals surface area contributed by atoms with Gasteiger partial charge in [-0.15, -0.1) is 0 Å². The molecular formula is C35H36FN3O7. The fourth-order valence-electron chi connectivity index (χ4n) is 7.68. The van der Waals surface area contributed by atoms with E-state index in [9.17, 15) is 39.2 Å². The van der Waals surface area contributed by atoms with Crippen molar-refractivity contribution in [2.24, 2.45) is 23.5 Å². The van der Waals surface area contributed by atoms with Crippen molar-refractivity contribution in [2.75, 3.05) is 14.1 Å². The first-order valence-corrected chi connectivity index (χ1v) is 15.1. The van der Waals surface area contributed by atoms with Crippen LogP contribution >= 0.6 is 0 Å². The van der Waals surface area contributed by atoms with Gasteiger partial charge in [-0.05, 0) is 78.9 Å². The molecule has 0 radical (unpaired) electrons. The molecule has 240 valence electrons. The number of nitrogens with one attached hydrogen (secondary N) is 1. The molecule has 3 aromatic carbocycles. The third-order valence-electron chi connectivity index (χ3n) is 9.78. The molecule has 7 N–H and O–H groups in total. The number of nitrogens with two attached hydrogens (primary N) is 1. The number of phenols is 1. The lowest BCUT2D eigenvalue weighted by Gasteiger charge is -2.53. The molecule has 0 saturated heterocycles. The zero-order chi connectivity index (χ0) is 33.1. The summed E-state index contributed by atoms with van der Waals surface area (Å²) >= 11 is 0. The fourth-order valence-corrected chi connectivity index (χ4v) is 7.68. The van der Waals surface area contributed by atoms with Crippen LogP contribution in [0, 0.1) is 23.6 Å². The van der Waals surface area contributed by atoms with Crippen LogP contribution in [0.5, 0.6) is 5.75 Å². The molecule has 3 aliphatic carbocycles. The van der Waals surface area contributed by atoms with Gasteiger partial charge in [0.1, 0.15) is 23.2 Å². The van der Waals surface area contributed by atoms with Gasteiger partial charge < -0.3 is 36.4 Å². The van der Waals surface area contributed by atoms with Gasteiger partial charge in [-0.25, -0.2) is 4.39 Å². The predicted molar refractivity (Wildman–Crippen MR) is 166 cm³/mol. The monoisotopic (exact) mass is 629 g/mol. The average Bonchev–Trinajstić information content (AvgIpc) is 2.99. The van der Waals surface area contributed by atoms with Gasteiger partial charge in [0.05, 0.1) is 11.7 Å². The molecule has 0 aromatic heterocycles. The Balaban J connectivity index is 1.33. The van der Waals surface area contributed by atoms with Crippen molar-refractivity contribution in [3.8, 4) is 16.9 Å². The zero-order valence-electron chi connectivity index (χ0n) is 25.4. The Bertz CT molecular complexity index is 1770. The minimum Gasteiger partial charge on any atom is -0.507 e. The summed E-state index contributed by atoms with van der Waals surface area (Å²) in [5, 5.41) is 48.5. The highest BCUT2D eigenvalue weighted by Crippen LogP contribution is 2.53. The smallest absolute Gasteiger partial charge is 0.230 e. The molecule has 2 saturated carbocycles. The number of aromatic hydroxyl groups is 1. The Hall–Kier alpha value is -4.42. The van der Waals surface area contributed by atoms with E-state index in [0.29, 0.717) is 18.7 Å². The summed E-state index contributed by atoms with van der Waals surface area (Å²) in [7, 11) is 3.23. The maximum atomic E-state index is 14.0. The van der Waals surface area contributed by atoms with Gasteiger partial charge in [-0.3, -0.25) is 14.4 Å². The molecule has 0 bridgehead atoms. The standard InChI is InChI=1S/C35H36FN3O7/c1-39(2)29-24-14-20-13-23-22(19-8-6-17(7-9-19)15-38-16-18-4-3-5-21(36)12-18)10-11-25(40)27(23)30(41)26(20)32(43)35(24,46)33(44)28(31(29)42)34(37)45/h3-12,20,24,28-29,31,38,40-42,46H,13-16H2,1-2H3,(H2,37,45)/t20-,24-,28?,29-,31?,35-/m1/s1. The highest BCUT2D eigenvalue weighted by atomic mass is 19.1. The Labute approximate surface area is 265 Å². The van der Waals surface area contributed by atoms with Gasteiger partial charge in [-0.2, -0.15) is 0 Å². The summed E-state index contributed by atoms with van der Waals surface area (Å²) in [6, 6.07) is 16.3. The fraction of sp³-hybridized carbons (Fsp3) is 0.343. The summed E-state index contributed by atoms with van der Waals surface area (Å²) in [5.74, 6) is -8.03. The minimum absolute atomic E-state index is 0.0406.